The predicted molar refractivity (Wildman–Crippen MR) is 83.7 cm³/mol. The van der Waals surface area contributed by atoms with Gasteiger partial charge in [0.2, 0.25) is 0 Å². The third kappa shape index (κ3) is 3.32. The van der Waals surface area contributed by atoms with Crippen LogP contribution in [0.2, 0.25) is 0 Å². The van der Waals surface area contributed by atoms with E-state index in [0.717, 1.165) is 27.8 Å². The van der Waals surface area contributed by atoms with Crippen molar-refractivity contribution >= 4 is 27.8 Å². The van der Waals surface area contributed by atoms with Crippen molar-refractivity contribution in [3.8, 4) is 10.6 Å². The van der Waals surface area contributed by atoms with Crippen molar-refractivity contribution in [2.75, 3.05) is 19.8 Å². The van der Waals surface area contributed by atoms with Gasteiger partial charge in [-0.1, -0.05) is 20.8 Å². The van der Waals surface area contributed by atoms with Crippen molar-refractivity contribution in [2.24, 2.45) is 0 Å². The molecule has 0 unspecified atom stereocenters. The average Bonchev–Trinajstić information content (AvgIpc) is 2.82. The molecule has 0 aliphatic rings. The maximum Gasteiger partial charge on any atom is 0.180 e. The highest BCUT2D eigenvalue weighted by Crippen LogP contribution is 2.38. The molecule has 0 amide bonds. The van der Waals surface area contributed by atoms with Crippen LogP contribution in [0.3, 0.4) is 0 Å². The highest BCUT2D eigenvalue weighted by atomic mass is 32.1. The number of anilines is 1. The Kier molecular flexibility index (Phi) is 3.94. The Bertz CT molecular complexity index is 563. The minimum Gasteiger partial charge on any atom is -0.375 e. The number of hydrogen-bond acceptors (Lipinski definition) is 6. The second kappa shape index (κ2) is 5.19. The van der Waals surface area contributed by atoms with Crippen molar-refractivity contribution in [1.82, 2.24) is 14.9 Å². The van der Waals surface area contributed by atoms with Gasteiger partial charge in [-0.15, -0.1) is 22.7 Å². The third-order valence-electron chi connectivity index (χ3n) is 2.59. The molecule has 2 aromatic heterocycles. The molecule has 0 radical (unpaired) electrons. The van der Waals surface area contributed by atoms with Crippen LogP contribution in [0.5, 0.6) is 0 Å². The fourth-order valence-electron chi connectivity index (χ4n) is 1.78. The molecular formula is C13H20N4S2. The Labute approximate surface area is 122 Å². The number of hydrogen-bond donors (Lipinski definition) is 1. The zero-order chi connectivity index (χ0) is 14.2. The lowest BCUT2D eigenvalue weighted by Gasteiger charge is -2.17. The lowest BCUT2D eigenvalue weighted by Crippen LogP contribution is -2.14. The van der Waals surface area contributed by atoms with E-state index < -0.39 is 0 Å². The standard InChI is InChI=1S/C13H20N4S2/c1-13(2,3)11-10(8-7-18-12(14)15-8)19-9(16-11)6-17(4)5/h7H,6H2,1-5H3,(H2,14,15). The fourth-order valence-corrected chi connectivity index (χ4v) is 3.76. The molecule has 19 heavy (non-hydrogen) atoms. The Hall–Kier alpha value is -0.980. The van der Waals surface area contributed by atoms with E-state index in [1.54, 1.807) is 11.3 Å². The van der Waals surface area contributed by atoms with Crippen molar-refractivity contribution in [1.29, 1.82) is 0 Å². The van der Waals surface area contributed by atoms with E-state index in [2.05, 4.69) is 44.8 Å². The summed E-state index contributed by atoms with van der Waals surface area (Å²) in [5.41, 5.74) is 7.82. The second-order valence-corrected chi connectivity index (χ2v) is 7.82. The van der Waals surface area contributed by atoms with Crippen LogP contribution in [0, 0.1) is 0 Å². The molecule has 2 rings (SSSR count). The van der Waals surface area contributed by atoms with Crippen molar-refractivity contribution in [3.63, 3.8) is 0 Å². The molecule has 0 aliphatic heterocycles. The molecule has 104 valence electrons. The Balaban J connectivity index is 2.48. The quantitative estimate of drug-likeness (QED) is 0.945. The lowest BCUT2D eigenvalue weighted by molar-refractivity contribution is 0.400. The smallest absolute Gasteiger partial charge is 0.180 e. The monoisotopic (exact) mass is 296 g/mol. The van der Waals surface area contributed by atoms with Crippen LogP contribution in [0.4, 0.5) is 5.13 Å². The number of rotatable bonds is 3. The largest absolute Gasteiger partial charge is 0.375 e. The Morgan fingerprint density at radius 2 is 1.95 bits per heavy atom. The minimum absolute atomic E-state index is 0.00871. The van der Waals surface area contributed by atoms with Gasteiger partial charge in [-0.05, 0) is 14.1 Å². The summed E-state index contributed by atoms with van der Waals surface area (Å²) in [7, 11) is 4.11. The van der Waals surface area contributed by atoms with Gasteiger partial charge in [0.05, 0.1) is 16.3 Å². The zero-order valence-electron chi connectivity index (χ0n) is 12.0. The normalized spacial score (nSPS) is 12.3. The molecule has 0 saturated carbocycles. The molecule has 0 bridgehead atoms. The lowest BCUT2D eigenvalue weighted by atomic mass is 9.91. The van der Waals surface area contributed by atoms with Crippen molar-refractivity contribution in [2.45, 2.75) is 32.7 Å². The molecule has 0 atom stereocenters. The molecule has 2 aromatic rings. The number of nitrogens with two attached hydrogens (primary N) is 1. The highest BCUT2D eigenvalue weighted by molar-refractivity contribution is 7.16. The molecule has 4 nitrogen and oxygen atoms in total. The van der Waals surface area contributed by atoms with Crippen LogP contribution in [-0.2, 0) is 12.0 Å². The third-order valence-corrected chi connectivity index (χ3v) is 4.32. The van der Waals surface area contributed by atoms with E-state index in [4.69, 9.17) is 10.7 Å². The first-order chi connectivity index (χ1) is 8.77. The van der Waals surface area contributed by atoms with Gasteiger partial charge in [0.1, 0.15) is 5.01 Å². The van der Waals surface area contributed by atoms with Crippen LogP contribution in [0.15, 0.2) is 5.38 Å². The second-order valence-electron chi connectivity index (χ2n) is 5.84. The molecule has 0 aromatic carbocycles. The van der Waals surface area contributed by atoms with Crippen LogP contribution in [0.25, 0.3) is 10.6 Å². The fraction of sp³-hybridized carbons (Fsp3) is 0.538. The van der Waals surface area contributed by atoms with Gasteiger partial charge in [-0.3, -0.25) is 0 Å². The van der Waals surface area contributed by atoms with Gasteiger partial charge in [0.25, 0.3) is 0 Å². The summed E-state index contributed by atoms with van der Waals surface area (Å²) in [5, 5.41) is 3.74. The van der Waals surface area contributed by atoms with E-state index in [1.165, 1.54) is 11.3 Å². The summed E-state index contributed by atoms with van der Waals surface area (Å²) in [6.07, 6.45) is 0. The molecule has 2 heterocycles. The molecule has 2 N–H and O–H groups in total. The van der Waals surface area contributed by atoms with Crippen molar-refractivity contribution < 1.29 is 0 Å². The summed E-state index contributed by atoms with van der Waals surface area (Å²) in [6.45, 7) is 7.40. The summed E-state index contributed by atoms with van der Waals surface area (Å²) < 4.78 is 0. The van der Waals surface area contributed by atoms with Gasteiger partial charge in [-0.2, -0.15) is 0 Å². The van der Waals surface area contributed by atoms with E-state index in [9.17, 15) is 0 Å². The number of nitrogens with zero attached hydrogens (tertiary/aromatic N) is 3. The maximum absolute atomic E-state index is 5.75. The van der Waals surface area contributed by atoms with E-state index in [0.29, 0.717) is 5.13 Å². The predicted octanol–water partition coefficient (Wildman–Crippen LogP) is 3.21. The van der Waals surface area contributed by atoms with Crippen LogP contribution >= 0.6 is 22.7 Å². The molecule has 0 saturated heterocycles. The highest BCUT2D eigenvalue weighted by Gasteiger charge is 2.25. The minimum atomic E-state index is 0.00871. The SMILES string of the molecule is CN(C)Cc1nc(C(C)(C)C)c(-c2csc(N)n2)s1. The Morgan fingerprint density at radius 3 is 2.42 bits per heavy atom. The maximum atomic E-state index is 5.75. The first-order valence-corrected chi connectivity index (χ1v) is 7.83. The van der Waals surface area contributed by atoms with E-state index in [-0.39, 0.29) is 5.41 Å². The number of thiazole rings is 2. The topological polar surface area (TPSA) is 55.0 Å². The zero-order valence-corrected chi connectivity index (χ0v) is 13.7. The summed E-state index contributed by atoms with van der Waals surface area (Å²) in [6, 6.07) is 0. The van der Waals surface area contributed by atoms with E-state index in [1.807, 2.05) is 5.38 Å². The van der Waals surface area contributed by atoms with Gasteiger partial charge in [-0.25, -0.2) is 9.97 Å². The van der Waals surface area contributed by atoms with Gasteiger partial charge < -0.3 is 10.6 Å². The molecule has 0 fully saturated rings. The molecule has 0 aliphatic carbocycles. The van der Waals surface area contributed by atoms with Crippen LogP contribution in [0.1, 0.15) is 31.5 Å². The Morgan fingerprint density at radius 1 is 1.26 bits per heavy atom. The summed E-state index contributed by atoms with van der Waals surface area (Å²) in [5.74, 6) is 0. The first kappa shape index (κ1) is 14.4. The van der Waals surface area contributed by atoms with Crippen LogP contribution in [-0.4, -0.2) is 29.0 Å². The van der Waals surface area contributed by atoms with Gasteiger partial charge in [0, 0.05) is 17.3 Å². The number of aromatic nitrogens is 2. The number of nitrogen functional groups attached to an aromatic ring is 1. The van der Waals surface area contributed by atoms with Crippen LogP contribution < -0.4 is 5.73 Å². The molecule has 0 spiro atoms. The molecular weight excluding hydrogens is 276 g/mol. The summed E-state index contributed by atoms with van der Waals surface area (Å²) >= 11 is 3.19. The summed E-state index contributed by atoms with van der Waals surface area (Å²) in [4.78, 5) is 12.5. The van der Waals surface area contributed by atoms with Gasteiger partial charge >= 0.3 is 0 Å². The van der Waals surface area contributed by atoms with Crippen molar-refractivity contribution in [3.05, 3.63) is 16.1 Å². The first-order valence-electron chi connectivity index (χ1n) is 6.13. The van der Waals surface area contributed by atoms with Gasteiger partial charge in [0.15, 0.2) is 5.13 Å². The van der Waals surface area contributed by atoms with E-state index >= 15 is 0 Å². The average molecular weight is 296 g/mol. The molecule has 6 heteroatoms.